The Morgan fingerprint density at radius 1 is 1.23 bits per heavy atom. The quantitative estimate of drug-likeness (QED) is 0.503. The number of aromatic nitrogens is 5. The topological polar surface area (TPSA) is 104 Å². The van der Waals surface area contributed by atoms with Crippen LogP contribution in [0, 0.1) is 20.8 Å². The van der Waals surface area contributed by atoms with Gasteiger partial charge in [0.15, 0.2) is 0 Å². The fourth-order valence-corrected chi connectivity index (χ4v) is 3.21. The molecule has 1 amide bonds. The van der Waals surface area contributed by atoms with E-state index in [9.17, 15) is 4.79 Å². The van der Waals surface area contributed by atoms with Crippen molar-refractivity contribution in [3.05, 3.63) is 52.8 Å². The van der Waals surface area contributed by atoms with Gasteiger partial charge in [-0.25, -0.2) is 9.36 Å². The van der Waals surface area contributed by atoms with Crippen LogP contribution in [0.25, 0.3) is 5.95 Å². The summed E-state index contributed by atoms with van der Waals surface area (Å²) >= 11 is 1.23. The third kappa shape index (κ3) is 3.88. The fourth-order valence-electron chi connectivity index (χ4n) is 2.53. The molecular weight excluding hydrogens is 350 g/mol. The van der Waals surface area contributed by atoms with Gasteiger partial charge in [0, 0.05) is 12.2 Å². The highest BCUT2D eigenvalue weighted by Gasteiger charge is 2.16. The van der Waals surface area contributed by atoms with Crippen molar-refractivity contribution in [2.45, 2.75) is 32.5 Å². The number of nitrogens with two attached hydrogens (primary N) is 1. The van der Waals surface area contributed by atoms with Crippen LogP contribution in [-0.4, -0.2) is 36.3 Å². The average Bonchev–Trinajstić information content (AvgIpc) is 3.13. The van der Waals surface area contributed by atoms with Gasteiger partial charge in [-0.2, -0.15) is 5.10 Å². The Hall–Kier alpha value is -2.81. The second kappa shape index (κ2) is 7.61. The van der Waals surface area contributed by atoms with E-state index in [1.54, 1.807) is 4.68 Å². The van der Waals surface area contributed by atoms with Crippen LogP contribution in [0.4, 0.5) is 0 Å². The van der Waals surface area contributed by atoms with E-state index in [-0.39, 0.29) is 11.7 Å². The molecule has 26 heavy (non-hydrogen) atoms. The van der Waals surface area contributed by atoms with Crippen molar-refractivity contribution in [1.29, 1.82) is 0 Å². The SMILES string of the molecule is Cc1cc(C)n(-c2nnc(SCC(=O)NCc3ccccc3C)n2N)n1. The lowest BCUT2D eigenvalue weighted by molar-refractivity contribution is -0.118. The van der Waals surface area contributed by atoms with E-state index in [1.807, 2.05) is 51.1 Å². The minimum Gasteiger partial charge on any atom is -0.351 e. The predicted molar refractivity (Wildman–Crippen MR) is 101 cm³/mol. The molecule has 3 N–H and O–H groups in total. The van der Waals surface area contributed by atoms with Gasteiger partial charge in [0.1, 0.15) is 0 Å². The Labute approximate surface area is 155 Å². The zero-order valence-corrected chi connectivity index (χ0v) is 15.7. The Morgan fingerprint density at radius 3 is 2.69 bits per heavy atom. The molecule has 0 fully saturated rings. The highest BCUT2D eigenvalue weighted by molar-refractivity contribution is 7.99. The number of nitrogens with one attached hydrogen (secondary N) is 1. The summed E-state index contributed by atoms with van der Waals surface area (Å²) in [4.78, 5) is 12.1. The molecule has 0 spiro atoms. The molecule has 9 heteroatoms. The van der Waals surface area contributed by atoms with Crippen LogP contribution in [0.15, 0.2) is 35.5 Å². The Bertz CT molecular complexity index is 931. The van der Waals surface area contributed by atoms with Crippen molar-refractivity contribution in [2.24, 2.45) is 0 Å². The second-order valence-electron chi connectivity index (χ2n) is 5.98. The van der Waals surface area contributed by atoms with Gasteiger partial charge in [0.2, 0.25) is 11.1 Å². The highest BCUT2D eigenvalue weighted by Crippen LogP contribution is 2.17. The minimum absolute atomic E-state index is 0.0890. The van der Waals surface area contributed by atoms with Crippen LogP contribution < -0.4 is 11.2 Å². The lowest BCUT2D eigenvalue weighted by Gasteiger charge is -2.08. The van der Waals surface area contributed by atoms with Crippen LogP contribution in [0.5, 0.6) is 0 Å². The first kappa shape index (κ1) is 18.0. The van der Waals surface area contributed by atoms with Crippen LogP contribution in [-0.2, 0) is 11.3 Å². The summed E-state index contributed by atoms with van der Waals surface area (Å²) in [6, 6.07) is 9.89. The van der Waals surface area contributed by atoms with E-state index in [1.165, 1.54) is 16.4 Å². The zero-order valence-electron chi connectivity index (χ0n) is 14.9. The van der Waals surface area contributed by atoms with Crippen LogP contribution in [0.2, 0.25) is 0 Å². The second-order valence-corrected chi connectivity index (χ2v) is 6.93. The largest absolute Gasteiger partial charge is 0.351 e. The Kier molecular flexibility index (Phi) is 5.27. The molecule has 0 aliphatic rings. The van der Waals surface area contributed by atoms with Crippen molar-refractivity contribution in [3.63, 3.8) is 0 Å². The molecule has 136 valence electrons. The summed E-state index contributed by atoms with van der Waals surface area (Å²) in [6.45, 7) is 6.34. The molecule has 3 aromatic rings. The number of carbonyl (C=O) groups excluding carboxylic acids is 1. The summed E-state index contributed by atoms with van der Waals surface area (Å²) in [6.07, 6.45) is 0. The number of hydrogen-bond donors (Lipinski definition) is 2. The van der Waals surface area contributed by atoms with Gasteiger partial charge in [-0.05, 0) is 38.0 Å². The number of nitrogen functional groups attached to an aromatic ring is 1. The first-order valence-electron chi connectivity index (χ1n) is 8.14. The van der Waals surface area contributed by atoms with Gasteiger partial charge in [-0.15, -0.1) is 10.2 Å². The zero-order chi connectivity index (χ0) is 18.7. The molecule has 0 bridgehead atoms. The maximum absolute atomic E-state index is 12.1. The molecule has 0 aliphatic carbocycles. The predicted octanol–water partition coefficient (Wildman–Crippen LogP) is 1.51. The molecule has 0 radical (unpaired) electrons. The van der Waals surface area contributed by atoms with Crippen molar-refractivity contribution in [1.82, 2.24) is 30.0 Å². The maximum atomic E-state index is 12.1. The molecule has 0 atom stereocenters. The molecule has 1 aromatic carbocycles. The van der Waals surface area contributed by atoms with Gasteiger partial charge >= 0.3 is 0 Å². The first-order valence-corrected chi connectivity index (χ1v) is 9.12. The summed E-state index contributed by atoms with van der Waals surface area (Å²) in [7, 11) is 0. The standard InChI is InChI=1S/C17H21N7OS/c1-11-6-4-5-7-14(11)9-19-15(25)10-26-17-21-20-16(23(17)18)24-13(3)8-12(2)22-24/h4-8H,9-10,18H2,1-3H3,(H,19,25). The summed E-state index contributed by atoms with van der Waals surface area (Å²) in [5.41, 5.74) is 4.03. The Morgan fingerprint density at radius 2 is 2.00 bits per heavy atom. The van der Waals surface area contributed by atoms with Gasteiger partial charge in [0.05, 0.1) is 11.4 Å². The first-order chi connectivity index (χ1) is 12.5. The number of amides is 1. The third-order valence-corrected chi connectivity index (χ3v) is 4.86. The third-order valence-electron chi connectivity index (χ3n) is 3.92. The average molecular weight is 371 g/mol. The molecule has 2 heterocycles. The molecule has 0 aliphatic heterocycles. The number of thioether (sulfide) groups is 1. The maximum Gasteiger partial charge on any atom is 0.271 e. The van der Waals surface area contributed by atoms with E-state index in [2.05, 4.69) is 20.6 Å². The van der Waals surface area contributed by atoms with Gasteiger partial charge in [-0.3, -0.25) is 4.79 Å². The molecule has 8 nitrogen and oxygen atoms in total. The Balaban J connectivity index is 1.59. The minimum atomic E-state index is -0.0890. The molecule has 2 aromatic heterocycles. The van der Waals surface area contributed by atoms with Crippen LogP contribution in [0.1, 0.15) is 22.5 Å². The summed E-state index contributed by atoms with van der Waals surface area (Å²) < 4.78 is 2.98. The number of benzene rings is 1. The van der Waals surface area contributed by atoms with E-state index in [4.69, 9.17) is 5.84 Å². The van der Waals surface area contributed by atoms with Crippen LogP contribution in [0.3, 0.4) is 0 Å². The fraction of sp³-hybridized carbons (Fsp3) is 0.294. The van der Waals surface area contributed by atoms with Crippen molar-refractivity contribution in [3.8, 4) is 5.95 Å². The lowest BCUT2D eigenvalue weighted by atomic mass is 10.1. The molecule has 0 unspecified atom stereocenters. The van der Waals surface area contributed by atoms with Crippen molar-refractivity contribution < 1.29 is 4.79 Å². The summed E-state index contributed by atoms with van der Waals surface area (Å²) in [5, 5.41) is 15.8. The number of rotatable bonds is 6. The molecule has 3 rings (SSSR count). The van der Waals surface area contributed by atoms with Crippen molar-refractivity contribution in [2.75, 3.05) is 11.6 Å². The van der Waals surface area contributed by atoms with Crippen molar-refractivity contribution >= 4 is 17.7 Å². The van der Waals surface area contributed by atoms with Gasteiger partial charge < -0.3 is 11.2 Å². The number of hydrogen-bond acceptors (Lipinski definition) is 6. The van der Waals surface area contributed by atoms with E-state index in [0.717, 1.165) is 22.5 Å². The van der Waals surface area contributed by atoms with E-state index < -0.39 is 0 Å². The van der Waals surface area contributed by atoms with Gasteiger partial charge in [0.25, 0.3) is 5.95 Å². The van der Waals surface area contributed by atoms with E-state index >= 15 is 0 Å². The smallest absolute Gasteiger partial charge is 0.271 e. The molecular formula is C17H21N7OS. The lowest BCUT2D eigenvalue weighted by Crippen LogP contribution is -2.25. The number of aryl methyl sites for hydroxylation is 3. The number of nitrogens with zero attached hydrogens (tertiary/aromatic N) is 5. The molecule has 0 saturated heterocycles. The monoisotopic (exact) mass is 371 g/mol. The molecule has 0 saturated carbocycles. The van der Waals surface area contributed by atoms with E-state index in [0.29, 0.717) is 17.6 Å². The normalized spacial score (nSPS) is 10.9. The van der Waals surface area contributed by atoms with Crippen LogP contribution >= 0.6 is 11.8 Å². The highest BCUT2D eigenvalue weighted by atomic mass is 32.2. The summed E-state index contributed by atoms with van der Waals surface area (Å²) in [5.74, 6) is 6.60. The number of carbonyl (C=O) groups is 1. The van der Waals surface area contributed by atoms with Gasteiger partial charge in [-0.1, -0.05) is 36.0 Å².